The lowest BCUT2D eigenvalue weighted by atomic mass is 10.2. The molecule has 1 amide bonds. The Bertz CT molecular complexity index is 871. The predicted octanol–water partition coefficient (Wildman–Crippen LogP) is 2.89. The highest BCUT2D eigenvalue weighted by Crippen LogP contribution is 2.18. The van der Waals surface area contributed by atoms with Gasteiger partial charge in [-0.15, -0.1) is 0 Å². The van der Waals surface area contributed by atoms with Crippen molar-refractivity contribution in [3.05, 3.63) is 64.7 Å². The van der Waals surface area contributed by atoms with Crippen LogP contribution in [0.5, 0.6) is 0 Å². The Morgan fingerprint density at radius 1 is 1.19 bits per heavy atom. The van der Waals surface area contributed by atoms with Gasteiger partial charge in [0.25, 0.3) is 0 Å². The summed E-state index contributed by atoms with van der Waals surface area (Å²) in [5.41, 5.74) is 2.12. The molecule has 8 heteroatoms. The van der Waals surface area contributed by atoms with E-state index >= 15 is 0 Å². The monoisotopic (exact) mass is 396 g/mol. The van der Waals surface area contributed by atoms with Crippen molar-refractivity contribution in [1.29, 1.82) is 0 Å². The molecular formula is C18H21ClN2O4S. The van der Waals surface area contributed by atoms with Gasteiger partial charge in [-0.2, -0.15) is 4.31 Å². The van der Waals surface area contributed by atoms with E-state index in [0.717, 1.165) is 16.1 Å². The van der Waals surface area contributed by atoms with Gasteiger partial charge in [0.1, 0.15) is 0 Å². The van der Waals surface area contributed by atoms with Crippen LogP contribution in [0.2, 0.25) is 5.02 Å². The highest BCUT2D eigenvalue weighted by atomic mass is 35.5. The Morgan fingerprint density at radius 2 is 1.92 bits per heavy atom. The van der Waals surface area contributed by atoms with Crippen molar-refractivity contribution in [2.45, 2.75) is 13.2 Å². The van der Waals surface area contributed by atoms with Crippen LogP contribution in [-0.2, 0) is 32.7 Å². The summed E-state index contributed by atoms with van der Waals surface area (Å²) in [5, 5.41) is 3.16. The molecule has 0 fully saturated rings. The number of hydrogen-bond acceptors (Lipinski definition) is 4. The Labute approximate surface area is 158 Å². The van der Waals surface area contributed by atoms with Gasteiger partial charge < -0.3 is 10.1 Å². The van der Waals surface area contributed by atoms with Crippen molar-refractivity contribution in [3.63, 3.8) is 0 Å². The van der Waals surface area contributed by atoms with Crippen LogP contribution in [0.1, 0.15) is 11.1 Å². The average molecular weight is 397 g/mol. The molecule has 0 unspecified atom stereocenters. The van der Waals surface area contributed by atoms with Crippen LogP contribution in [0.3, 0.4) is 0 Å². The fourth-order valence-corrected chi connectivity index (χ4v) is 3.29. The molecule has 0 saturated heterocycles. The van der Waals surface area contributed by atoms with Gasteiger partial charge in [-0.05, 0) is 29.3 Å². The van der Waals surface area contributed by atoms with E-state index in [1.165, 1.54) is 0 Å². The summed E-state index contributed by atoms with van der Waals surface area (Å²) >= 11 is 6.10. The molecule has 0 bridgehead atoms. The number of benzene rings is 2. The Balaban J connectivity index is 2.10. The van der Waals surface area contributed by atoms with E-state index in [9.17, 15) is 13.2 Å². The molecule has 0 radical (unpaired) electrons. The summed E-state index contributed by atoms with van der Waals surface area (Å²) in [6, 6.07) is 14.1. The number of hydrogen-bond donors (Lipinski definition) is 1. The summed E-state index contributed by atoms with van der Waals surface area (Å²) in [6.07, 6.45) is 1.07. The van der Waals surface area contributed by atoms with Crippen LogP contribution >= 0.6 is 11.6 Å². The van der Waals surface area contributed by atoms with E-state index in [0.29, 0.717) is 22.9 Å². The van der Waals surface area contributed by atoms with Crippen LogP contribution in [0.4, 0.5) is 5.69 Å². The molecule has 0 aromatic heterocycles. The van der Waals surface area contributed by atoms with Gasteiger partial charge >= 0.3 is 0 Å². The maximum absolute atomic E-state index is 12.3. The van der Waals surface area contributed by atoms with Crippen molar-refractivity contribution in [1.82, 2.24) is 4.31 Å². The molecule has 0 aliphatic carbocycles. The molecule has 6 nitrogen and oxygen atoms in total. The number of methoxy groups -OCH3 is 1. The first-order valence-corrected chi connectivity index (χ1v) is 10.1. The molecule has 1 N–H and O–H groups in total. The molecule has 140 valence electrons. The minimum atomic E-state index is -3.59. The van der Waals surface area contributed by atoms with E-state index in [2.05, 4.69) is 5.32 Å². The first kappa shape index (κ1) is 20.4. The first-order valence-electron chi connectivity index (χ1n) is 7.86. The van der Waals surface area contributed by atoms with Crippen molar-refractivity contribution in [2.75, 3.05) is 25.2 Å². The van der Waals surface area contributed by atoms with Crippen LogP contribution in [0.25, 0.3) is 0 Å². The number of nitrogens with zero attached hydrogens (tertiary/aromatic N) is 1. The lowest BCUT2D eigenvalue weighted by molar-refractivity contribution is -0.116. The van der Waals surface area contributed by atoms with Gasteiger partial charge in [0.2, 0.25) is 15.9 Å². The van der Waals surface area contributed by atoms with Crippen molar-refractivity contribution >= 4 is 33.2 Å². The number of amides is 1. The van der Waals surface area contributed by atoms with E-state index < -0.39 is 15.9 Å². The van der Waals surface area contributed by atoms with Gasteiger partial charge in [0, 0.05) is 24.4 Å². The Kier molecular flexibility index (Phi) is 7.16. The maximum atomic E-state index is 12.3. The minimum absolute atomic E-state index is 0.0235. The lowest BCUT2D eigenvalue weighted by Gasteiger charge is -2.20. The number of anilines is 1. The molecule has 0 spiro atoms. The minimum Gasteiger partial charge on any atom is -0.380 e. The number of rotatable bonds is 8. The van der Waals surface area contributed by atoms with Gasteiger partial charge in [0.15, 0.2) is 0 Å². The molecule has 2 rings (SSSR count). The zero-order valence-electron chi connectivity index (χ0n) is 14.6. The van der Waals surface area contributed by atoms with E-state index in [-0.39, 0.29) is 13.1 Å². The van der Waals surface area contributed by atoms with E-state index in [4.69, 9.17) is 16.3 Å². The number of ether oxygens (including phenoxy) is 1. The molecule has 0 aliphatic rings. The number of carbonyl (C=O) groups is 1. The Morgan fingerprint density at radius 3 is 2.58 bits per heavy atom. The zero-order valence-corrected chi connectivity index (χ0v) is 16.2. The number of halogens is 1. The third-order valence-electron chi connectivity index (χ3n) is 3.62. The standard InChI is InChI=1S/C18H21ClN2O4S/c1-25-13-14-6-5-8-16(10-14)20-18(22)12-21(26(2,23)24)11-15-7-3-4-9-17(15)19/h3-10H,11-13H2,1-2H3,(H,20,22). The third kappa shape index (κ3) is 6.10. The third-order valence-corrected chi connectivity index (χ3v) is 5.18. The first-order chi connectivity index (χ1) is 12.3. The normalized spacial score (nSPS) is 11.5. The molecule has 0 saturated carbocycles. The highest BCUT2D eigenvalue weighted by Gasteiger charge is 2.21. The molecule has 0 atom stereocenters. The van der Waals surface area contributed by atoms with Gasteiger partial charge in [-0.3, -0.25) is 4.79 Å². The molecule has 0 heterocycles. The summed E-state index contributed by atoms with van der Waals surface area (Å²) < 4.78 is 30.3. The van der Waals surface area contributed by atoms with Crippen LogP contribution in [-0.4, -0.2) is 38.5 Å². The number of nitrogens with one attached hydrogen (secondary N) is 1. The molecule has 0 aliphatic heterocycles. The topological polar surface area (TPSA) is 75.7 Å². The molecule has 26 heavy (non-hydrogen) atoms. The fraction of sp³-hybridized carbons (Fsp3) is 0.278. The van der Waals surface area contributed by atoms with Gasteiger partial charge in [0.05, 0.1) is 19.4 Å². The van der Waals surface area contributed by atoms with Crippen LogP contribution in [0.15, 0.2) is 48.5 Å². The summed E-state index contributed by atoms with van der Waals surface area (Å²) in [4.78, 5) is 12.3. The SMILES string of the molecule is COCc1cccc(NC(=O)CN(Cc2ccccc2Cl)S(C)(=O)=O)c1. The van der Waals surface area contributed by atoms with Gasteiger partial charge in [-0.25, -0.2) is 8.42 Å². The predicted molar refractivity (Wildman–Crippen MR) is 102 cm³/mol. The van der Waals surface area contributed by atoms with Gasteiger partial charge in [-0.1, -0.05) is 41.9 Å². The number of carbonyl (C=O) groups excluding carboxylic acids is 1. The molecule has 2 aromatic rings. The number of sulfonamides is 1. The maximum Gasteiger partial charge on any atom is 0.239 e. The van der Waals surface area contributed by atoms with Crippen LogP contribution in [0, 0.1) is 0 Å². The summed E-state index contributed by atoms with van der Waals surface area (Å²) in [5.74, 6) is -0.433. The second kappa shape index (κ2) is 9.14. The van der Waals surface area contributed by atoms with E-state index in [1.807, 2.05) is 6.07 Å². The van der Waals surface area contributed by atoms with E-state index in [1.54, 1.807) is 49.6 Å². The quantitative estimate of drug-likeness (QED) is 0.744. The average Bonchev–Trinajstić information content (AvgIpc) is 2.56. The fourth-order valence-electron chi connectivity index (χ4n) is 2.37. The Hall–Kier alpha value is -1.93. The van der Waals surface area contributed by atoms with Crippen molar-refractivity contribution < 1.29 is 17.9 Å². The smallest absolute Gasteiger partial charge is 0.239 e. The summed E-state index contributed by atoms with van der Waals surface area (Å²) in [6.45, 7) is 0.139. The summed E-state index contributed by atoms with van der Waals surface area (Å²) in [7, 11) is -2.00. The lowest BCUT2D eigenvalue weighted by Crippen LogP contribution is -2.37. The second-order valence-corrected chi connectivity index (χ2v) is 8.19. The van der Waals surface area contributed by atoms with Crippen LogP contribution < -0.4 is 5.32 Å². The zero-order chi connectivity index (χ0) is 19.2. The van der Waals surface area contributed by atoms with Crippen molar-refractivity contribution in [3.8, 4) is 0 Å². The largest absolute Gasteiger partial charge is 0.380 e. The highest BCUT2D eigenvalue weighted by molar-refractivity contribution is 7.88. The molecule has 2 aromatic carbocycles. The second-order valence-electron chi connectivity index (χ2n) is 5.80. The molecular weight excluding hydrogens is 376 g/mol. The van der Waals surface area contributed by atoms with Crippen molar-refractivity contribution in [2.24, 2.45) is 0 Å².